The van der Waals surface area contributed by atoms with E-state index < -0.39 is 5.91 Å². The highest BCUT2D eigenvalue weighted by atomic mass is 35.5. The molecule has 1 amide bonds. The molecule has 0 radical (unpaired) electrons. The van der Waals surface area contributed by atoms with Crippen LogP contribution in [0.25, 0.3) is 0 Å². The third kappa shape index (κ3) is 4.60. The van der Waals surface area contributed by atoms with E-state index in [9.17, 15) is 4.79 Å². The Labute approximate surface area is 182 Å². The molecular weight excluding hydrogens is 400 g/mol. The van der Waals surface area contributed by atoms with Crippen LogP contribution in [0.5, 0.6) is 5.75 Å². The normalized spacial score (nSPS) is 19.3. The number of amides is 1. The number of amidine groups is 1. The van der Waals surface area contributed by atoms with Crippen molar-refractivity contribution >= 4 is 29.0 Å². The number of hydrogen-bond acceptors (Lipinski definition) is 4. The summed E-state index contributed by atoms with van der Waals surface area (Å²) >= 11 is 6.14. The molecule has 2 aliphatic rings. The average Bonchev–Trinajstić information content (AvgIpc) is 2.73. The molecule has 6 nitrogen and oxygen atoms in total. The van der Waals surface area contributed by atoms with E-state index in [1.165, 1.54) is 5.56 Å². The van der Waals surface area contributed by atoms with E-state index in [1.54, 1.807) is 0 Å². The number of hydrogen-bond donors (Lipinski definition) is 2. The molecule has 2 aliphatic heterocycles. The van der Waals surface area contributed by atoms with Crippen molar-refractivity contribution in [3.05, 3.63) is 58.6 Å². The van der Waals surface area contributed by atoms with E-state index >= 15 is 0 Å². The summed E-state index contributed by atoms with van der Waals surface area (Å²) in [6.07, 6.45) is 3.06. The minimum Gasteiger partial charge on any atom is -0.484 e. The van der Waals surface area contributed by atoms with Crippen LogP contribution in [0, 0.1) is 5.41 Å². The van der Waals surface area contributed by atoms with Crippen molar-refractivity contribution in [2.75, 3.05) is 32.1 Å². The highest BCUT2D eigenvalue weighted by Crippen LogP contribution is 2.43. The van der Waals surface area contributed by atoms with Gasteiger partial charge in [-0.3, -0.25) is 9.79 Å². The minimum absolute atomic E-state index is 0.00762. The van der Waals surface area contributed by atoms with Gasteiger partial charge in [-0.2, -0.15) is 0 Å². The Morgan fingerprint density at radius 2 is 2.07 bits per heavy atom. The third-order valence-corrected chi connectivity index (χ3v) is 6.23. The number of ether oxygens (including phenoxy) is 1. The number of nitrogens with one attached hydrogen (secondary N) is 1. The third-order valence-electron chi connectivity index (χ3n) is 6.00. The lowest BCUT2D eigenvalue weighted by Gasteiger charge is -2.45. The van der Waals surface area contributed by atoms with Crippen LogP contribution in [0.1, 0.15) is 24.0 Å². The summed E-state index contributed by atoms with van der Waals surface area (Å²) in [5.74, 6) is 1.15. The molecule has 2 aromatic carbocycles. The first-order valence-electron chi connectivity index (χ1n) is 10.2. The molecule has 7 heteroatoms. The maximum atomic E-state index is 11.0. The number of piperidine rings is 1. The second-order valence-corrected chi connectivity index (χ2v) is 8.69. The van der Waals surface area contributed by atoms with Crippen molar-refractivity contribution in [2.45, 2.75) is 25.8 Å². The molecule has 0 unspecified atom stereocenters. The van der Waals surface area contributed by atoms with Gasteiger partial charge < -0.3 is 20.7 Å². The van der Waals surface area contributed by atoms with Gasteiger partial charge in [-0.1, -0.05) is 29.8 Å². The molecule has 0 atom stereocenters. The zero-order valence-corrected chi connectivity index (χ0v) is 17.9. The fourth-order valence-corrected chi connectivity index (χ4v) is 4.46. The van der Waals surface area contributed by atoms with Crippen molar-refractivity contribution in [2.24, 2.45) is 16.1 Å². The molecule has 2 aromatic rings. The summed E-state index contributed by atoms with van der Waals surface area (Å²) in [5, 5.41) is 4.31. The van der Waals surface area contributed by atoms with Crippen molar-refractivity contribution in [3.63, 3.8) is 0 Å². The first-order chi connectivity index (χ1) is 14.4. The van der Waals surface area contributed by atoms with Gasteiger partial charge in [0.05, 0.1) is 6.54 Å². The minimum atomic E-state index is -0.491. The van der Waals surface area contributed by atoms with Crippen molar-refractivity contribution in [1.29, 1.82) is 0 Å². The van der Waals surface area contributed by atoms with Crippen LogP contribution in [-0.2, 0) is 17.8 Å². The molecule has 1 fully saturated rings. The monoisotopic (exact) mass is 426 g/mol. The molecule has 3 N–H and O–H groups in total. The molecule has 158 valence electrons. The summed E-state index contributed by atoms with van der Waals surface area (Å²) in [7, 11) is 2.17. The smallest absolute Gasteiger partial charge is 0.255 e. The van der Waals surface area contributed by atoms with Crippen LogP contribution in [0.3, 0.4) is 0 Å². The Bertz CT molecular complexity index is 967. The number of nitrogens with zero attached hydrogens (tertiary/aromatic N) is 2. The maximum absolute atomic E-state index is 11.0. The Hall–Kier alpha value is -2.57. The van der Waals surface area contributed by atoms with Crippen LogP contribution >= 0.6 is 11.6 Å². The number of likely N-dealkylation sites (tertiary alicyclic amines) is 1. The molecule has 0 bridgehead atoms. The van der Waals surface area contributed by atoms with Crippen molar-refractivity contribution in [1.82, 2.24) is 4.90 Å². The van der Waals surface area contributed by atoms with E-state index in [2.05, 4.69) is 23.3 Å². The molecule has 1 saturated heterocycles. The van der Waals surface area contributed by atoms with Crippen LogP contribution in [-0.4, -0.2) is 43.4 Å². The number of benzene rings is 2. The lowest BCUT2D eigenvalue weighted by Crippen LogP contribution is -2.49. The fourth-order valence-electron chi connectivity index (χ4n) is 4.25. The van der Waals surface area contributed by atoms with Gasteiger partial charge in [0.25, 0.3) is 5.91 Å². The molecule has 0 aromatic heterocycles. The topological polar surface area (TPSA) is 80.0 Å². The van der Waals surface area contributed by atoms with Crippen molar-refractivity contribution < 1.29 is 9.53 Å². The average molecular weight is 427 g/mol. The number of aliphatic imine (C=N–C) groups is 1. The number of halogens is 1. The number of carbonyl (C=O) groups is 1. The molecule has 2 heterocycles. The zero-order chi connectivity index (χ0) is 21.1. The van der Waals surface area contributed by atoms with Gasteiger partial charge in [0.1, 0.15) is 11.6 Å². The van der Waals surface area contributed by atoms with Crippen LogP contribution in [0.15, 0.2) is 47.5 Å². The van der Waals surface area contributed by atoms with E-state index in [-0.39, 0.29) is 12.0 Å². The highest BCUT2D eigenvalue weighted by molar-refractivity contribution is 6.30. The Morgan fingerprint density at radius 3 is 2.80 bits per heavy atom. The summed E-state index contributed by atoms with van der Waals surface area (Å²) in [4.78, 5) is 18.4. The Kier molecular flexibility index (Phi) is 5.97. The number of carbonyl (C=O) groups excluding carboxylic acids is 1. The van der Waals surface area contributed by atoms with Crippen LogP contribution in [0.4, 0.5) is 5.69 Å². The van der Waals surface area contributed by atoms with Gasteiger partial charge in [0.15, 0.2) is 6.61 Å². The second-order valence-electron chi connectivity index (χ2n) is 8.25. The first-order valence-corrected chi connectivity index (χ1v) is 10.6. The van der Waals surface area contributed by atoms with Gasteiger partial charge in [-0.05, 0) is 68.7 Å². The van der Waals surface area contributed by atoms with Crippen LogP contribution in [0.2, 0.25) is 5.02 Å². The standard InChI is InChI=1S/C23H27ClN4O2/c1-28-9-7-23(8-10-28)13-17-5-6-19(30-15-21(25)29)12-20(17)27-22(23)26-14-16-3-2-4-18(24)11-16/h2-6,11-12H,7-10,13-15H2,1H3,(H2,25,29)(H,26,27). The van der Waals surface area contributed by atoms with Gasteiger partial charge in [0.2, 0.25) is 0 Å². The van der Waals surface area contributed by atoms with E-state index in [1.807, 2.05) is 36.4 Å². The summed E-state index contributed by atoms with van der Waals surface area (Å²) in [6, 6.07) is 13.7. The lowest BCUT2D eigenvalue weighted by atomic mass is 9.70. The predicted octanol–water partition coefficient (Wildman–Crippen LogP) is 3.48. The second kappa shape index (κ2) is 8.66. The Morgan fingerprint density at radius 1 is 1.27 bits per heavy atom. The first kappa shape index (κ1) is 20.7. The number of fused-ring (bicyclic) bond motifs is 1. The van der Waals surface area contributed by atoms with Gasteiger partial charge >= 0.3 is 0 Å². The maximum Gasteiger partial charge on any atom is 0.255 e. The molecule has 0 saturated carbocycles. The molecular formula is C23H27ClN4O2. The Balaban J connectivity index is 1.63. The number of rotatable bonds is 5. The van der Waals surface area contributed by atoms with E-state index in [4.69, 9.17) is 27.1 Å². The molecule has 0 aliphatic carbocycles. The highest BCUT2D eigenvalue weighted by Gasteiger charge is 2.42. The lowest BCUT2D eigenvalue weighted by molar-refractivity contribution is -0.119. The number of primary amides is 1. The van der Waals surface area contributed by atoms with E-state index in [0.717, 1.165) is 54.5 Å². The summed E-state index contributed by atoms with van der Waals surface area (Å²) in [6.45, 7) is 2.54. The molecule has 4 rings (SSSR count). The molecule has 1 spiro atoms. The number of nitrogens with two attached hydrogens (primary N) is 1. The van der Waals surface area contributed by atoms with Gasteiger partial charge in [0, 0.05) is 22.2 Å². The molecule has 30 heavy (non-hydrogen) atoms. The van der Waals surface area contributed by atoms with Crippen molar-refractivity contribution in [3.8, 4) is 5.75 Å². The fraction of sp³-hybridized carbons (Fsp3) is 0.391. The quantitative estimate of drug-likeness (QED) is 0.767. The largest absolute Gasteiger partial charge is 0.484 e. The zero-order valence-electron chi connectivity index (χ0n) is 17.2. The summed E-state index contributed by atoms with van der Waals surface area (Å²) in [5.41, 5.74) is 8.51. The SMILES string of the molecule is CN1CCC2(CC1)Cc1ccc(OCC(N)=O)cc1NC2=NCc1cccc(Cl)c1. The van der Waals surface area contributed by atoms with E-state index in [0.29, 0.717) is 12.3 Å². The summed E-state index contributed by atoms with van der Waals surface area (Å²) < 4.78 is 5.49. The van der Waals surface area contributed by atoms with Gasteiger partial charge in [-0.15, -0.1) is 0 Å². The predicted molar refractivity (Wildman–Crippen MR) is 120 cm³/mol. The number of anilines is 1. The van der Waals surface area contributed by atoms with Crippen LogP contribution < -0.4 is 15.8 Å². The van der Waals surface area contributed by atoms with Gasteiger partial charge in [-0.25, -0.2) is 0 Å².